The van der Waals surface area contributed by atoms with E-state index in [1.807, 2.05) is 16.8 Å². The number of carbonyl (C=O) groups excluding carboxylic acids is 2. The van der Waals surface area contributed by atoms with Crippen molar-refractivity contribution in [1.82, 2.24) is 14.7 Å². The van der Waals surface area contributed by atoms with Crippen molar-refractivity contribution in [3.05, 3.63) is 22.4 Å². The number of nitrogens with zero attached hydrogens (tertiary/aromatic N) is 3. The Labute approximate surface area is 148 Å². The molecule has 2 saturated heterocycles. The van der Waals surface area contributed by atoms with Gasteiger partial charge in [-0.15, -0.1) is 0 Å². The molecule has 24 heavy (non-hydrogen) atoms. The summed E-state index contributed by atoms with van der Waals surface area (Å²) >= 11 is 1.68. The second-order valence-corrected chi connectivity index (χ2v) is 7.94. The Kier molecular flexibility index (Phi) is 5.25. The highest BCUT2D eigenvalue weighted by Gasteiger charge is 2.42. The Morgan fingerprint density at radius 1 is 1.25 bits per heavy atom. The van der Waals surface area contributed by atoms with E-state index in [0.29, 0.717) is 12.8 Å². The highest BCUT2D eigenvalue weighted by Crippen LogP contribution is 2.32. The van der Waals surface area contributed by atoms with Crippen molar-refractivity contribution in [1.29, 1.82) is 0 Å². The number of amides is 2. The molecule has 5 nitrogen and oxygen atoms in total. The third-order valence-corrected chi connectivity index (χ3v) is 6.44. The number of likely N-dealkylation sites (N-methyl/N-ethyl adjacent to an activating group) is 1. The Bertz CT molecular complexity index is 589. The summed E-state index contributed by atoms with van der Waals surface area (Å²) in [4.78, 5) is 30.9. The lowest BCUT2D eigenvalue weighted by atomic mass is 9.86. The largest absolute Gasteiger partial charge is 0.346 e. The van der Waals surface area contributed by atoms with Crippen LogP contribution in [0.25, 0.3) is 0 Å². The first-order valence-electron chi connectivity index (χ1n) is 8.74. The molecule has 0 N–H and O–H groups in total. The van der Waals surface area contributed by atoms with Crippen molar-refractivity contribution in [2.75, 3.05) is 40.3 Å². The molecular weight excluding hydrogens is 322 g/mol. The molecule has 1 aromatic rings. The van der Waals surface area contributed by atoms with Crippen LogP contribution in [0.1, 0.15) is 31.2 Å². The molecule has 3 rings (SSSR count). The maximum absolute atomic E-state index is 12.7. The van der Waals surface area contributed by atoms with Gasteiger partial charge in [0.1, 0.15) is 0 Å². The van der Waals surface area contributed by atoms with Gasteiger partial charge in [0.15, 0.2) is 0 Å². The van der Waals surface area contributed by atoms with E-state index < -0.39 is 0 Å². The topological polar surface area (TPSA) is 43.9 Å². The van der Waals surface area contributed by atoms with E-state index in [0.717, 1.165) is 45.4 Å². The molecule has 0 bridgehead atoms. The SMILES string of the molecule is CN1CCC2(CCC1=O)CN(C(=O)CCc1ccsc1)CCN2C. The standard InChI is InChI=1S/C18H27N3O2S/c1-19-9-8-18(7-5-16(19)22)14-21(11-10-20(18)2)17(23)4-3-15-6-12-24-13-15/h6,12-13H,3-5,7-11,14H2,1-2H3. The van der Waals surface area contributed by atoms with Gasteiger partial charge in [0.05, 0.1) is 0 Å². The van der Waals surface area contributed by atoms with Gasteiger partial charge in [0.2, 0.25) is 11.8 Å². The molecule has 0 aromatic carbocycles. The number of likely N-dealkylation sites (tertiary alicyclic amines) is 1. The zero-order valence-electron chi connectivity index (χ0n) is 14.7. The van der Waals surface area contributed by atoms with E-state index in [4.69, 9.17) is 0 Å². The van der Waals surface area contributed by atoms with Gasteiger partial charge in [-0.2, -0.15) is 11.3 Å². The zero-order chi connectivity index (χ0) is 17.2. The monoisotopic (exact) mass is 349 g/mol. The van der Waals surface area contributed by atoms with Crippen LogP contribution in [0.3, 0.4) is 0 Å². The number of aryl methyl sites for hydroxylation is 1. The molecule has 1 atom stereocenters. The van der Waals surface area contributed by atoms with E-state index in [9.17, 15) is 9.59 Å². The van der Waals surface area contributed by atoms with Gasteiger partial charge in [-0.1, -0.05) is 0 Å². The Morgan fingerprint density at radius 2 is 2.08 bits per heavy atom. The van der Waals surface area contributed by atoms with Gasteiger partial charge >= 0.3 is 0 Å². The summed E-state index contributed by atoms with van der Waals surface area (Å²) in [5, 5.41) is 4.18. The fourth-order valence-corrected chi connectivity index (χ4v) is 4.52. The van der Waals surface area contributed by atoms with Crippen molar-refractivity contribution in [2.45, 2.75) is 37.6 Å². The molecule has 6 heteroatoms. The van der Waals surface area contributed by atoms with Gasteiger partial charge in [-0.3, -0.25) is 14.5 Å². The van der Waals surface area contributed by atoms with Crippen molar-refractivity contribution in [3.63, 3.8) is 0 Å². The fourth-order valence-electron chi connectivity index (χ4n) is 3.82. The number of hydrogen-bond acceptors (Lipinski definition) is 4. The van der Waals surface area contributed by atoms with E-state index >= 15 is 0 Å². The van der Waals surface area contributed by atoms with E-state index in [-0.39, 0.29) is 17.4 Å². The molecule has 1 spiro atoms. The van der Waals surface area contributed by atoms with Crippen LogP contribution in [0.15, 0.2) is 16.8 Å². The maximum Gasteiger partial charge on any atom is 0.223 e. The number of rotatable bonds is 3. The fraction of sp³-hybridized carbons (Fsp3) is 0.667. The Balaban J connectivity index is 1.64. The zero-order valence-corrected chi connectivity index (χ0v) is 15.5. The summed E-state index contributed by atoms with van der Waals surface area (Å²) in [6, 6.07) is 2.09. The average Bonchev–Trinajstić information content (AvgIpc) is 3.06. The first-order chi connectivity index (χ1) is 11.5. The molecule has 2 aliphatic heterocycles. The molecule has 0 saturated carbocycles. The van der Waals surface area contributed by atoms with E-state index in [1.165, 1.54) is 5.56 Å². The smallest absolute Gasteiger partial charge is 0.223 e. The second-order valence-electron chi connectivity index (χ2n) is 7.16. The van der Waals surface area contributed by atoms with Crippen LogP contribution in [0, 0.1) is 0 Å². The van der Waals surface area contributed by atoms with Crippen LogP contribution in [-0.2, 0) is 16.0 Å². The Hall–Kier alpha value is -1.40. The molecular formula is C18H27N3O2S. The van der Waals surface area contributed by atoms with Gasteiger partial charge in [0, 0.05) is 51.6 Å². The number of carbonyl (C=O) groups is 2. The van der Waals surface area contributed by atoms with Crippen molar-refractivity contribution in [2.24, 2.45) is 0 Å². The number of hydrogen-bond donors (Lipinski definition) is 0. The summed E-state index contributed by atoms with van der Waals surface area (Å²) in [6.07, 6.45) is 3.77. The molecule has 2 amide bonds. The van der Waals surface area contributed by atoms with Crippen molar-refractivity contribution < 1.29 is 9.59 Å². The van der Waals surface area contributed by atoms with Gasteiger partial charge in [-0.25, -0.2) is 0 Å². The summed E-state index contributed by atoms with van der Waals surface area (Å²) in [6.45, 7) is 3.22. The molecule has 2 aliphatic rings. The van der Waals surface area contributed by atoms with Crippen LogP contribution in [0.4, 0.5) is 0 Å². The number of piperazine rings is 1. The molecule has 0 radical (unpaired) electrons. The lowest BCUT2D eigenvalue weighted by molar-refractivity contribution is -0.136. The number of thiophene rings is 1. The summed E-state index contributed by atoms with van der Waals surface area (Å²) in [5.41, 5.74) is 1.20. The average molecular weight is 350 g/mol. The van der Waals surface area contributed by atoms with Crippen molar-refractivity contribution >= 4 is 23.2 Å². The molecule has 0 aliphatic carbocycles. The molecule has 132 valence electrons. The van der Waals surface area contributed by atoms with Crippen molar-refractivity contribution in [3.8, 4) is 0 Å². The predicted molar refractivity (Wildman–Crippen MR) is 96.1 cm³/mol. The minimum atomic E-state index is -0.0449. The van der Waals surface area contributed by atoms with Crippen LogP contribution in [0.2, 0.25) is 0 Å². The van der Waals surface area contributed by atoms with Crippen LogP contribution in [0.5, 0.6) is 0 Å². The van der Waals surface area contributed by atoms with Gasteiger partial charge in [-0.05, 0) is 48.7 Å². The molecule has 3 heterocycles. The first kappa shape index (κ1) is 17.4. The third-order valence-electron chi connectivity index (χ3n) is 5.70. The van der Waals surface area contributed by atoms with Gasteiger partial charge < -0.3 is 9.80 Å². The molecule has 2 fully saturated rings. The maximum atomic E-state index is 12.7. The second kappa shape index (κ2) is 7.23. The lowest BCUT2D eigenvalue weighted by Crippen LogP contribution is -2.62. The van der Waals surface area contributed by atoms with E-state index in [1.54, 1.807) is 11.3 Å². The highest BCUT2D eigenvalue weighted by molar-refractivity contribution is 7.07. The van der Waals surface area contributed by atoms with Crippen LogP contribution in [-0.4, -0.2) is 72.3 Å². The lowest BCUT2D eigenvalue weighted by Gasteiger charge is -2.49. The summed E-state index contributed by atoms with van der Waals surface area (Å²) in [5.74, 6) is 0.471. The van der Waals surface area contributed by atoms with Gasteiger partial charge in [0.25, 0.3) is 0 Å². The van der Waals surface area contributed by atoms with E-state index in [2.05, 4.69) is 28.8 Å². The Morgan fingerprint density at radius 3 is 2.83 bits per heavy atom. The predicted octanol–water partition coefficient (Wildman–Crippen LogP) is 1.84. The third kappa shape index (κ3) is 3.64. The minimum absolute atomic E-state index is 0.0449. The normalized spacial score (nSPS) is 26.0. The minimum Gasteiger partial charge on any atom is -0.346 e. The summed E-state index contributed by atoms with van der Waals surface area (Å²) < 4.78 is 0. The van der Waals surface area contributed by atoms with Crippen LogP contribution >= 0.6 is 11.3 Å². The first-order valence-corrected chi connectivity index (χ1v) is 9.68. The highest BCUT2D eigenvalue weighted by atomic mass is 32.1. The molecule has 1 aromatic heterocycles. The quantitative estimate of drug-likeness (QED) is 0.836. The molecule has 1 unspecified atom stereocenters. The van der Waals surface area contributed by atoms with Crippen LogP contribution < -0.4 is 0 Å². The summed E-state index contributed by atoms with van der Waals surface area (Å²) in [7, 11) is 4.02.